The van der Waals surface area contributed by atoms with Gasteiger partial charge < -0.3 is 19.9 Å². The lowest BCUT2D eigenvalue weighted by atomic mass is 9.96. The molecule has 1 saturated heterocycles. The molecule has 0 spiro atoms. The van der Waals surface area contributed by atoms with Gasteiger partial charge in [0.25, 0.3) is 0 Å². The molecular weight excluding hydrogens is 261 g/mol. The lowest BCUT2D eigenvalue weighted by Crippen LogP contribution is -2.46. The van der Waals surface area contributed by atoms with E-state index in [1.807, 2.05) is 13.8 Å². The van der Waals surface area contributed by atoms with Gasteiger partial charge in [-0.05, 0) is 31.5 Å². The van der Waals surface area contributed by atoms with Gasteiger partial charge in [-0.1, -0.05) is 6.07 Å². The quantitative estimate of drug-likeness (QED) is 0.868. The second-order valence-electron chi connectivity index (χ2n) is 5.36. The minimum atomic E-state index is -0.835. The summed E-state index contributed by atoms with van der Waals surface area (Å²) in [5.41, 5.74) is 0.0803. The maximum Gasteiger partial charge on any atom is 0.165 e. The van der Waals surface area contributed by atoms with Gasteiger partial charge in [-0.2, -0.15) is 0 Å². The van der Waals surface area contributed by atoms with Crippen molar-refractivity contribution in [3.05, 3.63) is 29.6 Å². The molecule has 112 valence electrons. The molecule has 4 nitrogen and oxygen atoms in total. The van der Waals surface area contributed by atoms with E-state index in [-0.39, 0.29) is 23.7 Å². The van der Waals surface area contributed by atoms with E-state index in [0.717, 1.165) is 5.56 Å². The van der Waals surface area contributed by atoms with Crippen molar-refractivity contribution >= 4 is 0 Å². The van der Waals surface area contributed by atoms with Crippen LogP contribution < -0.4 is 10.1 Å². The van der Waals surface area contributed by atoms with E-state index in [1.54, 1.807) is 12.1 Å². The predicted octanol–water partition coefficient (Wildman–Crippen LogP) is 2.02. The van der Waals surface area contributed by atoms with Crippen LogP contribution in [0.3, 0.4) is 0 Å². The molecule has 3 atom stereocenters. The average Bonchev–Trinajstić information content (AvgIpc) is 2.77. The second-order valence-corrected chi connectivity index (χ2v) is 5.36. The van der Waals surface area contributed by atoms with Crippen LogP contribution in [0.1, 0.15) is 31.9 Å². The SMILES string of the molecule is COc1cc(C(C)NCC2(O)CCOC2C)ccc1F. The fourth-order valence-corrected chi connectivity index (χ4v) is 2.40. The topological polar surface area (TPSA) is 50.7 Å². The van der Waals surface area contributed by atoms with Crippen LogP contribution in [0, 0.1) is 5.82 Å². The summed E-state index contributed by atoms with van der Waals surface area (Å²) in [5, 5.41) is 13.7. The molecule has 0 radical (unpaired) electrons. The number of methoxy groups -OCH3 is 1. The van der Waals surface area contributed by atoms with E-state index in [1.165, 1.54) is 13.2 Å². The number of aliphatic hydroxyl groups is 1. The molecule has 1 aliphatic rings. The maximum absolute atomic E-state index is 13.4. The normalized spacial score (nSPS) is 27.6. The number of hydrogen-bond donors (Lipinski definition) is 2. The number of halogens is 1. The van der Waals surface area contributed by atoms with Gasteiger partial charge >= 0.3 is 0 Å². The molecular formula is C15H22FNO3. The lowest BCUT2D eigenvalue weighted by Gasteiger charge is -2.28. The molecule has 1 heterocycles. The van der Waals surface area contributed by atoms with Crippen molar-refractivity contribution in [3.63, 3.8) is 0 Å². The van der Waals surface area contributed by atoms with Gasteiger partial charge in [0.05, 0.1) is 13.2 Å². The smallest absolute Gasteiger partial charge is 0.165 e. The van der Waals surface area contributed by atoms with Gasteiger partial charge in [0.1, 0.15) is 5.60 Å². The molecule has 1 fully saturated rings. The Bertz CT molecular complexity index is 468. The molecule has 0 aromatic heterocycles. The van der Waals surface area contributed by atoms with Crippen molar-refractivity contribution < 1.29 is 19.0 Å². The van der Waals surface area contributed by atoms with Gasteiger partial charge in [-0.15, -0.1) is 0 Å². The number of ether oxygens (including phenoxy) is 2. The minimum Gasteiger partial charge on any atom is -0.494 e. The van der Waals surface area contributed by atoms with E-state index < -0.39 is 5.60 Å². The van der Waals surface area contributed by atoms with E-state index >= 15 is 0 Å². The fraction of sp³-hybridized carbons (Fsp3) is 0.600. The minimum absolute atomic E-state index is 0.0127. The molecule has 2 N–H and O–H groups in total. The van der Waals surface area contributed by atoms with E-state index in [4.69, 9.17) is 9.47 Å². The van der Waals surface area contributed by atoms with E-state index in [0.29, 0.717) is 19.6 Å². The molecule has 0 aliphatic carbocycles. The van der Waals surface area contributed by atoms with Crippen LogP contribution in [0.2, 0.25) is 0 Å². The summed E-state index contributed by atoms with van der Waals surface area (Å²) >= 11 is 0. The van der Waals surface area contributed by atoms with Crippen LogP contribution >= 0.6 is 0 Å². The van der Waals surface area contributed by atoms with Crippen LogP contribution in [0.4, 0.5) is 4.39 Å². The van der Waals surface area contributed by atoms with Crippen LogP contribution in [-0.2, 0) is 4.74 Å². The summed E-state index contributed by atoms with van der Waals surface area (Å²) in [7, 11) is 1.44. The highest BCUT2D eigenvalue weighted by Crippen LogP contribution is 2.27. The Labute approximate surface area is 118 Å². The molecule has 1 aliphatic heterocycles. The van der Waals surface area contributed by atoms with Gasteiger partial charge in [-0.3, -0.25) is 0 Å². The molecule has 1 aromatic rings. The largest absolute Gasteiger partial charge is 0.494 e. The Balaban J connectivity index is 2.00. The zero-order chi connectivity index (χ0) is 14.8. The zero-order valence-electron chi connectivity index (χ0n) is 12.1. The number of nitrogens with one attached hydrogen (secondary N) is 1. The highest BCUT2D eigenvalue weighted by Gasteiger charge is 2.39. The molecule has 2 rings (SSSR count). The molecule has 0 bridgehead atoms. The number of rotatable bonds is 5. The third-order valence-electron chi connectivity index (χ3n) is 4.05. The third kappa shape index (κ3) is 3.11. The average molecular weight is 283 g/mol. The van der Waals surface area contributed by atoms with Crippen molar-refractivity contribution in [1.82, 2.24) is 5.32 Å². The van der Waals surface area contributed by atoms with Gasteiger partial charge in [-0.25, -0.2) is 4.39 Å². The van der Waals surface area contributed by atoms with Gasteiger partial charge in [0.15, 0.2) is 11.6 Å². The van der Waals surface area contributed by atoms with Crippen molar-refractivity contribution in [2.45, 2.75) is 38.0 Å². The Morgan fingerprint density at radius 3 is 2.95 bits per heavy atom. The standard InChI is InChI=1S/C15H22FNO3/c1-10(12-4-5-13(16)14(8-12)19-3)17-9-15(18)6-7-20-11(15)2/h4-5,8,10-11,17-18H,6-7,9H2,1-3H3. The molecule has 0 amide bonds. The monoisotopic (exact) mass is 283 g/mol. The van der Waals surface area contributed by atoms with Crippen LogP contribution in [-0.4, -0.2) is 37.1 Å². The van der Waals surface area contributed by atoms with Crippen molar-refractivity contribution in [1.29, 1.82) is 0 Å². The maximum atomic E-state index is 13.4. The lowest BCUT2D eigenvalue weighted by molar-refractivity contribution is -0.0274. The Morgan fingerprint density at radius 1 is 1.60 bits per heavy atom. The Kier molecular flexibility index (Phi) is 4.62. The van der Waals surface area contributed by atoms with Crippen molar-refractivity contribution in [2.24, 2.45) is 0 Å². The van der Waals surface area contributed by atoms with Gasteiger partial charge in [0, 0.05) is 25.6 Å². The highest BCUT2D eigenvalue weighted by molar-refractivity contribution is 5.31. The molecule has 1 aromatic carbocycles. The summed E-state index contributed by atoms with van der Waals surface area (Å²) in [6, 6.07) is 4.77. The molecule has 3 unspecified atom stereocenters. The zero-order valence-corrected chi connectivity index (χ0v) is 12.1. The van der Waals surface area contributed by atoms with Crippen LogP contribution in [0.15, 0.2) is 18.2 Å². The van der Waals surface area contributed by atoms with Gasteiger partial charge in [0.2, 0.25) is 0 Å². The Morgan fingerprint density at radius 2 is 2.35 bits per heavy atom. The van der Waals surface area contributed by atoms with Crippen LogP contribution in [0.25, 0.3) is 0 Å². The third-order valence-corrected chi connectivity index (χ3v) is 4.05. The number of hydrogen-bond acceptors (Lipinski definition) is 4. The molecule has 5 heteroatoms. The summed E-state index contributed by atoms with van der Waals surface area (Å²) in [5.74, 6) is -0.146. The highest BCUT2D eigenvalue weighted by atomic mass is 19.1. The summed E-state index contributed by atoms with van der Waals surface area (Å²) in [6.45, 7) is 4.86. The van der Waals surface area contributed by atoms with Crippen molar-refractivity contribution in [2.75, 3.05) is 20.3 Å². The molecule has 0 saturated carbocycles. The van der Waals surface area contributed by atoms with E-state index in [9.17, 15) is 9.50 Å². The summed E-state index contributed by atoms with van der Waals surface area (Å²) in [4.78, 5) is 0. The summed E-state index contributed by atoms with van der Waals surface area (Å²) in [6.07, 6.45) is 0.450. The van der Waals surface area contributed by atoms with Crippen LogP contribution in [0.5, 0.6) is 5.75 Å². The fourth-order valence-electron chi connectivity index (χ4n) is 2.40. The first-order valence-electron chi connectivity index (χ1n) is 6.87. The Hall–Kier alpha value is -1.17. The summed E-state index contributed by atoms with van der Waals surface area (Å²) < 4.78 is 23.8. The van der Waals surface area contributed by atoms with E-state index in [2.05, 4.69) is 5.32 Å². The predicted molar refractivity (Wildman–Crippen MR) is 74.4 cm³/mol. The van der Waals surface area contributed by atoms with Crippen molar-refractivity contribution in [3.8, 4) is 5.75 Å². The second kappa shape index (κ2) is 6.08. The molecule has 20 heavy (non-hydrogen) atoms. The first-order valence-corrected chi connectivity index (χ1v) is 6.87. The number of benzene rings is 1. The first kappa shape index (κ1) is 15.2. The first-order chi connectivity index (χ1) is 9.46.